The van der Waals surface area contributed by atoms with Crippen molar-refractivity contribution < 1.29 is 9.59 Å². The number of hydrogen-bond donors (Lipinski definition) is 1. The van der Waals surface area contributed by atoms with Crippen LogP contribution in [0.1, 0.15) is 0 Å². The van der Waals surface area contributed by atoms with Crippen LogP contribution in [0.15, 0.2) is 0 Å². The van der Waals surface area contributed by atoms with Crippen molar-refractivity contribution in [1.29, 1.82) is 0 Å². The summed E-state index contributed by atoms with van der Waals surface area (Å²) in [6, 6.07) is 0. The number of nitrogens with two attached hydrogens (primary N) is 1. The molecule has 0 aromatic rings. The van der Waals surface area contributed by atoms with Gasteiger partial charge in [0, 0.05) is 13.6 Å². The molecule has 0 atom stereocenters. The Labute approximate surface area is 58.3 Å². The van der Waals surface area contributed by atoms with Gasteiger partial charge in [-0.05, 0) is 0 Å². The fourth-order valence-corrected chi connectivity index (χ4v) is 0.747. The van der Waals surface area contributed by atoms with Crippen molar-refractivity contribution in [2.24, 2.45) is 5.84 Å². The first kappa shape index (κ1) is 7.01. The molecule has 5 nitrogen and oxygen atoms in total. The number of nitrogens with zero attached hydrogens (tertiary/aromatic N) is 2. The van der Waals surface area contributed by atoms with E-state index in [9.17, 15) is 9.59 Å². The van der Waals surface area contributed by atoms with E-state index in [1.807, 2.05) is 0 Å². The van der Waals surface area contributed by atoms with Gasteiger partial charge in [0.2, 0.25) is 0 Å². The van der Waals surface area contributed by atoms with Crippen LogP contribution in [0.25, 0.3) is 0 Å². The number of hydrazine groups is 1. The minimum absolute atomic E-state index is 0.418. The minimum atomic E-state index is -0.631. The van der Waals surface area contributed by atoms with Gasteiger partial charge in [-0.1, -0.05) is 0 Å². The van der Waals surface area contributed by atoms with Gasteiger partial charge < -0.3 is 4.90 Å². The molecule has 1 aliphatic heterocycles. The molecule has 0 radical (unpaired) electrons. The van der Waals surface area contributed by atoms with Gasteiger partial charge in [-0.25, -0.2) is 5.84 Å². The second-order valence-corrected chi connectivity index (χ2v) is 2.23. The second-order valence-electron chi connectivity index (χ2n) is 2.23. The summed E-state index contributed by atoms with van der Waals surface area (Å²) >= 11 is 0. The van der Waals surface area contributed by atoms with Gasteiger partial charge in [0.15, 0.2) is 0 Å². The van der Waals surface area contributed by atoms with E-state index in [0.717, 1.165) is 5.01 Å². The first-order chi connectivity index (χ1) is 4.63. The molecule has 0 spiro atoms. The third kappa shape index (κ3) is 0.950. The van der Waals surface area contributed by atoms with Crippen LogP contribution < -0.4 is 5.84 Å². The molecule has 0 aliphatic carbocycles. The van der Waals surface area contributed by atoms with Crippen LogP contribution in [0.3, 0.4) is 0 Å². The predicted octanol–water partition coefficient (Wildman–Crippen LogP) is -1.84. The van der Waals surface area contributed by atoms with E-state index in [2.05, 4.69) is 0 Å². The highest BCUT2D eigenvalue weighted by Gasteiger charge is 2.27. The summed E-state index contributed by atoms with van der Waals surface area (Å²) in [5.74, 6) is 4.00. The summed E-state index contributed by atoms with van der Waals surface area (Å²) in [4.78, 5) is 22.9. The molecule has 1 heterocycles. The van der Waals surface area contributed by atoms with Gasteiger partial charge in [-0.15, -0.1) is 0 Å². The summed E-state index contributed by atoms with van der Waals surface area (Å²) < 4.78 is 0. The molecular formula is C5H9N3O2. The van der Waals surface area contributed by atoms with Crippen LogP contribution in [-0.4, -0.2) is 41.9 Å². The number of carbonyl (C=O) groups excluding carboxylic acids is 2. The van der Waals surface area contributed by atoms with Gasteiger partial charge in [0.05, 0.1) is 6.54 Å². The first-order valence-electron chi connectivity index (χ1n) is 2.94. The Balaban J connectivity index is 2.70. The lowest BCUT2D eigenvalue weighted by molar-refractivity contribution is -0.155. The Hall–Kier alpha value is -1.10. The first-order valence-corrected chi connectivity index (χ1v) is 2.94. The quantitative estimate of drug-likeness (QED) is 0.246. The Morgan fingerprint density at radius 2 is 1.90 bits per heavy atom. The predicted molar refractivity (Wildman–Crippen MR) is 33.5 cm³/mol. The summed E-state index contributed by atoms with van der Waals surface area (Å²) in [5.41, 5.74) is 0. The Morgan fingerprint density at radius 1 is 1.30 bits per heavy atom. The highest BCUT2D eigenvalue weighted by molar-refractivity contribution is 6.35. The molecule has 0 unspecified atom stereocenters. The topological polar surface area (TPSA) is 66.6 Å². The molecule has 1 aliphatic rings. The van der Waals surface area contributed by atoms with E-state index in [0.29, 0.717) is 13.1 Å². The average Bonchev–Trinajstić information content (AvgIpc) is 1.93. The zero-order chi connectivity index (χ0) is 7.72. The van der Waals surface area contributed by atoms with E-state index in [-0.39, 0.29) is 0 Å². The number of piperazine rings is 1. The lowest BCUT2D eigenvalue weighted by Gasteiger charge is -2.27. The Bertz CT molecular complexity index is 160. The monoisotopic (exact) mass is 143 g/mol. The zero-order valence-corrected chi connectivity index (χ0v) is 5.70. The molecule has 56 valence electrons. The third-order valence-electron chi connectivity index (χ3n) is 1.47. The van der Waals surface area contributed by atoms with Gasteiger partial charge in [0.25, 0.3) is 0 Å². The Kier molecular flexibility index (Phi) is 1.58. The van der Waals surface area contributed by atoms with Crippen LogP contribution in [-0.2, 0) is 9.59 Å². The van der Waals surface area contributed by atoms with Crippen molar-refractivity contribution in [2.75, 3.05) is 20.1 Å². The Morgan fingerprint density at radius 3 is 2.40 bits per heavy atom. The molecule has 0 bridgehead atoms. The van der Waals surface area contributed by atoms with Crippen LogP contribution in [0.4, 0.5) is 0 Å². The molecule has 0 saturated carbocycles. The van der Waals surface area contributed by atoms with Crippen molar-refractivity contribution in [3.05, 3.63) is 0 Å². The number of amides is 2. The van der Waals surface area contributed by atoms with E-state index >= 15 is 0 Å². The maximum absolute atomic E-state index is 10.8. The number of rotatable bonds is 0. The average molecular weight is 143 g/mol. The minimum Gasteiger partial charge on any atom is -0.336 e. The molecule has 5 heteroatoms. The highest BCUT2D eigenvalue weighted by Crippen LogP contribution is 1.96. The van der Waals surface area contributed by atoms with Crippen molar-refractivity contribution in [2.45, 2.75) is 0 Å². The molecule has 2 N–H and O–H groups in total. The van der Waals surface area contributed by atoms with Crippen LogP contribution >= 0.6 is 0 Å². The lowest BCUT2D eigenvalue weighted by Crippen LogP contribution is -2.55. The van der Waals surface area contributed by atoms with E-state index in [1.165, 1.54) is 4.90 Å². The molecule has 10 heavy (non-hydrogen) atoms. The highest BCUT2D eigenvalue weighted by atomic mass is 16.2. The third-order valence-corrected chi connectivity index (χ3v) is 1.47. The van der Waals surface area contributed by atoms with Gasteiger partial charge >= 0.3 is 11.8 Å². The normalized spacial score (nSPS) is 20.2. The lowest BCUT2D eigenvalue weighted by atomic mass is 10.3. The van der Waals surface area contributed by atoms with Crippen LogP contribution in [0.5, 0.6) is 0 Å². The second kappa shape index (κ2) is 2.26. The molecule has 1 saturated heterocycles. The van der Waals surface area contributed by atoms with Crippen molar-refractivity contribution in [1.82, 2.24) is 9.91 Å². The van der Waals surface area contributed by atoms with Crippen molar-refractivity contribution in [3.8, 4) is 0 Å². The van der Waals surface area contributed by atoms with E-state index in [4.69, 9.17) is 5.84 Å². The van der Waals surface area contributed by atoms with Crippen LogP contribution in [0.2, 0.25) is 0 Å². The maximum atomic E-state index is 10.8. The maximum Gasteiger partial charge on any atom is 0.326 e. The number of likely N-dealkylation sites (N-methyl/N-ethyl adjacent to an activating group) is 1. The largest absolute Gasteiger partial charge is 0.336 e. The summed E-state index contributed by atoms with van der Waals surface area (Å²) in [6.07, 6.45) is 0. The smallest absolute Gasteiger partial charge is 0.326 e. The summed E-state index contributed by atoms with van der Waals surface area (Å²) in [7, 11) is 1.58. The standard InChI is InChI=1S/C5H9N3O2/c1-7-2-3-8(6)5(10)4(7)9/h2-3,6H2,1H3. The van der Waals surface area contributed by atoms with Gasteiger partial charge in [-0.2, -0.15) is 0 Å². The fraction of sp³-hybridized carbons (Fsp3) is 0.600. The fourth-order valence-electron chi connectivity index (χ4n) is 0.747. The van der Waals surface area contributed by atoms with E-state index < -0.39 is 11.8 Å². The summed E-state index contributed by atoms with van der Waals surface area (Å²) in [6.45, 7) is 0.933. The summed E-state index contributed by atoms with van der Waals surface area (Å²) in [5, 5.41) is 0.933. The number of carbonyl (C=O) groups is 2. The van der Waals surface area contributed by atoms with Crippen molar-refractivity contribution in [3.63, 3.8) is 0 Å². The molecule has 0 aromatic heterocycles. The van der Waals surface area contributed by atoms with E-state index in [1.54, 1.807) is 7.05 Å². The molecule has 2 amide bonds. The number of hydrogen-bond acceptors (Lipinski definition) is 3. The molecular weight excluding hydrogens is 134 g/mol. The van der Waals surface area contributed by atoms with Crippen molar-refractivity contribution >= 4 is 11.8 Å². The van der Waals surface area contributed by atoms with Gasteiger partial charge in [-0.3, -0.25) is 14.6 Å². The van der Waals surface area contributed by atoms with Gasteiger partial charge in [0.1, 0.15) is 0 Å². The zero-order valence-electron chi connectivity index (χ0n) is 5.70. The molecule has 1 fully saturated rings. The molecule has 1 rings (SSSR count). The molecule has 0 aromatic carbocycles. The van der Waals surface area contributed by atoms with Crippen LogP contribution in [0, 0.1) is 0 Å². The SMILES string of the molecule is CN1CCN(N)C(=O)C1=O.